The van der Waals surface area contributed by atoms with Crippen molar-refractivity contribution < 1.29 is 0 Å². The van der Waals surface area contributed by atoms with Gasteiger partial charge in [-0.25, -0.2) is 10.3 Å². The molecule has 0 unspecified atom stereocenters. The highest BCUT2D eigenvalue weighted by molar-refractivity contribution is 5.96. The first-order valence-corrected chi connectivity index (χ1v) is 4.20. The lowest BCUT2D eigenvalue weighted by Crippen LogP contribution is -2.02. The van der Waals surface area contributed by atoms with Gasteiger partial charge in [-0.15, -0.1) is 0 Å². The van der Waals surface area contributed by atoms with Gasteiger partial charge in [0, 0.05) is 6.42 Å². The van der Waals surface area contributed by atoms with Gasteiger partial charge < -0.3 is 0 Å². The first-order chi connectivity index (χ1) is 5.81. The van der Waals surface area contributed by atoms with Gasteiger partial charge in [0.15, 0.2) is 0 Å². The third-order valence-corrected chi connectivity index (χ3v) is 2.02. The number of hydrogen-bond acceptors (Lipinski definition) is 1. The molecule has 1 aromatic rings. The molecule has 2 heteroatoms. The Morgan fingerprint density at radius 2 is 2.17 bits per heavy atom. The Morgan fingerprint density at radius 1 is 1.33 bits per heavy atom. The third-order valence-electron chi connectivity index (χ3n) is 2.02. The SMILES string of the molecule is CCC1=Nc2c(C)cccc2[N]1. The van der Waals surface area contributed by atoms with Crippen molar-refractivity contribution in [2.45, 2.75) is 20.3 Å². The molecule has 1 heterocycles. The molecular weight excluding hydrogens is 148 g/mol. The van der Waals surface area contributed by atoms with Crippen LogP contribution in [-0.4, -0.2) is 5.84 Å². The quantitative estimate of drug-likeness (QED) is 0.602. The van der Waals surface area contributed by atoms with E-state index in [1.54, 1.807) is 0 Å². The standard InChI is InChI=1S/C10H11N2/c1-3-9-11-8-6-4-5-7(2)10(8)12-9/h4-6H,3H2,1-2H3. The number of aliphatic imine (C=N–C) groups is 1. The molecule has 0 spiro atoms. The fourth-order valence-corrected chi connectivity index (χ4v) is 1.33. The predicted octanol–water partition coefficient (Wildman–Crippen LogP) is 2.68. The van der Waals surface area contributed by atoms with Crippen LogP contribution in [0.25, 0.3) is 0 Å². The van der Waals surface area contributed by atoms with Crippen LogP contribution >= 0.6 is 0 Å². The number of fused-ring (bicyclic) bond motifs is 1. The summed E-state index contributed by atoms with van der Waals surface area (Å²) < 4.78 is 0. The van der Waals surface area contributed by atoms with Crippen LogP contribution in [0, 0.1) is 6.92 Å². The highest BCUT2D eigenvalue weighted by Crippen LogP contribution is 2.33. The largest absolute Gasteiger partial charge is 0.231 e. The van der Waals surface area contributed by atoms with Crippen LogP contribution in [0.1, 0.15) is 18.9 Å². The van der Waals surface area contributed by atoms with Gasteiger partial charge in [0.25, 0.3) is 0 Å². The van der Waals surface area contributed by atoms with Crippen LogP contribution in [0.3, 0.4) is 0 Å². The first kappa shape index (κ1) is 7.35. The van der Waals surface area contributed by atoms with Gasteiger partial charge in [-0.1, -0.05) is 19.1 Å². The van der Waals surface area contributed by atoms with E-state index in [-0.39, 0.29) is 0 Å². The summed E-state index contributed by atoms with van der Waals surface area (Å²) in [5.41, 5.74) is 3.28. The maximum Gasteiger partial charge on any atom is 0.129 e. The van der Waals surface area contributed by atoms with E-state index in [0.717, 1.165) is 23.6 Å². The minimum atomic E-state index is 0.911. The first-order valence-electron chi connectivity index (χ1n) is 4.20. The van der Waals surface area contributed by atoms with Crippen LogP contribution in [0.15, 0.2) is 23.2 Å². The molecule has 0 aromatic heterocycles. The summed E-state index contributed by atoms with van der Waals surface area (Å²) >= 11 is 0. The Hall–Kier alpha value is -1.31. The van der Waals surface area contributed by atoms with Crippen molar-refractivity contribution in [2.75, 3.05) is 0 Å². The second-order valence-electron chi connectivity index (χ2n) is 2.94. The number of aryl methyl sites for hydroxylation is 1. The van der Waals surface area contributed by atoms with Crippen molar-refractivity contribution in [3.63, 3.8) is 0 Å². The Morgan fingerprint density at radius 3 is 2.83 bits per heavy atom. The molecule has 0 bridgehead atoms. The lowest BCUT2D eigenvalue weighted by Gasteiger charge is -1.97. The van der Waals surface area contributed by atoms with Crippen molar-refractivity contribution >= 4 is 17.2 Å². The van der Waals surface area contributed by atoms with E-state index in [1.165, 1.54) is 5.56 Å². The molecule has 1 aliphatic rings. The van der Waals surface area contributed by atoms with Crippen LogP contribution in [0.4, 0.5) is 11.4 Å². The zero-order valence-electron chi connectivity index (χ0n) is 7.33. The number of hydrogen-bond donors (Lipinski definition) is 0. The zero-order chi connectivity index (χ0) is 8.55. The van der Waals surface area contributed by atoms with Gasteiger partial charge in [0.2, 0.25) is 0 Å². The van der Waals surface area contributed by atoms with Crippen molar-refractivity contribution in [3.05, 3.63) is 23.8 Å². The molecule has 0 amide bonds. The van der Waals surface area contributed by atoms with Crippen LogP contribution in [-0.2, 0) is 0 Å². The summed E-state index contributed by atoms with van der Waals surface area (Å²) in [7, 11) is 0. The lowest BCUT2D eigenvalue weighted by molar-refractivity contribution is 1.17. The number of amidine groups is 1. The Balaban J connectivity index is 2.48. The number of nitrogens with zero attached hydrogens (tertiary/aromatic N) is 2. The molecule has 0 saturated carbocycles. The molecule has 0 aliphatic carbocycles. The topological polar surface area (TPSA) is 26.5 Å². The molecular formula is C10H11N2. The van der Waals surface area contributed by atoms with Gasteiger partial charge in [-0.3, -0.25) is 0 Å². The molecule has 1 radical (unpaired) electrons. The highest BCUT2D eigenvalue weighted by atomic mass is 15.1. The summed E-state index contributed by atoms with van der Waals surface area (Å²) in [6, 6.07) is 6.09. The molecule has 12 heavy (non-hydrogen) atoms. The van der Waals surface area contributed by atoms with E-state index >= 15 is 0 Å². The molecule has 1 aromatic carbocycles. The van der Waals surface area contributed by atoms with E-state index in [0.29, 0.717) is 0 Å². The van der Waals surface area contributed by atoms with Gasteiger partial charge in [0.05, 0.1) is 11.4 Å². The molecule has 0 atom stereocenters. The Kier molecular flexibility index (Phi) is 1.61. The zero-order valence-corrected chi connectivity index (χ0v) is 7.33. The maximum atomic E-state index is 4.42. The molecule has 0 saturated heterocycles. The Bertz CT molecular complexity index is 340. The van der Waals surface area contributed by atoms with Gasteiger partial charge in [-0.05, 0) is 18.6 Å². The van der Waals surface area contributed by atoms with Crippen molar-refractivity contribution in [1.29, 1.82) is 0 Å². The smallest absolute Gasteiger partial charge is 0.129 e. The highest BCUT2D eigenvalue weighted by Gasteiger charge is 2.14. The molecule has 0 N–H and O–H groups in total. The van der Waals surface area contributed by atoms with E-state index in [1.807, 2.05) is 12.1 Å². The molecule has 1 aliphatic heterocycles. The van der Waals surface area contributed by atoms with Gasteiger partial charge in [-0.2, -0.15) is 0 Å². The average molecular weight is 159 g/mol. The number of benzene rings is 1. The van der Waals surface area contributed by atoms with Crippen molar-refractivity contribution in [2.24, 2.45) is 4.99 Å². The summed E-state index contributed by atoms with van der Waals surface area (Å²) in [5, 5.41) is 4.38. The van der Waals surface area contributed by atoms with Crippen LogP contribution < -0.4 is 5.32 Å². The fraction of sp³-hybridized carbons (Fsp3) is 0.300. The molecule has 2 nitrogen and oxygen atoms in total. The third kappa shape index (κ3) is 0.998. The molecule has 2 rings (SSSR count). The van der Waals surface area contributed by atoms with Crippen LogP contribution in [0.5, 0.6) is 0 Å². The monoisotopic (exact) mass is 159 g/mol. The summed E-state index contributed by atoms with van der Waals surface area (Å²) in [6.45, 7) is 4.14. The van der Waals surface area contributed by atoms with E-state index in [4.69, 9.17) is 0 Å². The van der Waals surface area contributed by atoms with Gasteiger partial charge in [0.1, 0.15) is 5.84 Å². The minimum Gasteiger partial charge on any atom is -0.231 e. The van der Waals surface area contributed by atoms with Gasteiger partial charge >= 0.3 is 0 Å². The second-order valence-corrected chi connectivity index (χ2v) is 2.94. The van der Waals surface area contributed by atoms with E-state index in [9.17, 15) is 0 Å². The summed E-state index contributed by atoms with van der Waals surface area (Å²) in [6.07, 6.45) is 0.911. The molecule has 61 valence electrons. The van der Waals surface area contributed by atoms with Crippen molar-refractivity contribution in [3.8, 4) is 0 Å². The fourth-order valence-electron chi connectivity index (χ4n) is 1.33. The average Bonchev–Trinajstić information content (AvgIpc) is 2.49. The normalized spacial score (nSPS) is 13.7. The Labute approximate surface area is 72.3 Å². The second kappa shape index (κ2) is 2.63. The van der Waals surface area contributed by atoms with E-state index in [2.05, 4.69) is 30.2 Å². The van der Waals surface area contributed by atoms with Crippen molar-refractivity contribution in [1.82, 2.24) is 5.32 Å². The van der Waals surface area contributed by atoms with E-state index < -0.39 is 0 Å². The maximum absolute atomic E-state index is 4.42. The summed E-state index contributed by atoms with van der Waals surface area (Å²) in [5.74, 6) is 0.944. The summed E-state index contributed by atoms with van der Waals surface area (Å²) in [4.78, 5) is 4.42. The lowest BCUT2D eigenvalue weighted by atomic mass is 10.2. The van der Waals surface area contributed by atoms with Crippen LogP contribution in [0.2, 0.25) is 0 Å². The number of rotatable bonds is 1. The number of para-hydroxylation sites is 1. The molecule has 0 fully saturated rings. The predicted molar refractivity (Wildman–Crippen MR) is 50.4 cm³/mol. The minimum absolute atomic E-state index is 0.911.